The van der Waals surface area contributed by atoms with E-state index >= 15 is 0 Å². The van der Waals surface area contributed by atoms with Crippen LogP contribution in [0.2, 0.25) is 0 Å². The van der Waals surface area contributed by atoms with Crippen molar-refractivity contribution in [3.05, 3.63) is 46.5 Å². The van der Waals surface area contributed by atoms with Crippen molar-refractivity contribution in [3.8, 4) is 11.3 Å². The topological polar surface area (TPSA) is 79.5 Å². The van der Waals surface area contributed by atoms with Gasteiger partial charge in [0.1, 0.15) is 5.69 Å². The van der Waals surface area contributed by atoms with Gasteiger partial charge in [-0.15, -0.1) is 0 Å². The molecule has 2 aromatic rings. The van der Waals surface area contributed by atoms with Crippen molar-refractivity contribution in [2.24, 2.45) is 5.92 Å². The van der Waals surface area contributed by atoms with E-state index < -0.39 is 6.10 Å². The van der Waals surface area contributed by atoms with Crippen LogP contribution in [0.25, 0.3) is 11.3 Å². The number of aliphatic hydroxyl groups is 1. The van der Waals surface area contributed by atoms with E-state index in [2.05, 4.69) is 5.32 Å². The maximum absolute atomic E-state index is 14.1. The second-order valence-electron chi connectivity index (χ2n) is 10.3. The van der Waals surface area contributed by atoms with E-state index in [4.69, 9.17) is 0 Å². The molecular formula is C27H38N4O3. The number of hydrogen-bond acceptors (Lipinski definition) is 4. The van der Waals surface area contributed by atoms with Crippen molar-refractivity contribution in [2.45, 2.75) is 76.5 Å². The van der Waals surface area contributed by atoms with E-state index in [9.17, 15) is 14.7 Å². The fourth-order valence-corrected chi connectivity index (χ4v) is 6.17. The van der Waals surface area contributed by atoms with Gasteiger partial charge in [-0.1, -0.05) is 62.4 Å². The molecule has 5 rings (SSSR count). The molecule has 2 heterocycles. The van der Waals surface area contributed by atoms with E-state index in [0.717, 1.165) is 50.8 Å². The number of amides is 1. The molecule has 1 saturated heterocycles. The van der Waals surface area contributed by atoms with Gasteiger partial charge in [0.15, 0.2) is 0 Å². The molecule has 2 N–H and O–H groups in total. The summed E-state index contributed by atoms with van der Waals surface area (Å²) in [5.74, 6) is 0.356. The van der Waals surface area contributed by atoms with Gasteiger partial charge in [-0.3, -0.25) is 13.9 Å². The van der Waals surface area contributed by atoms with Crippen molar-refractivity contribution < 1.29 is 9.90 Å². The van der Waals surface area contributed by atoms with Crippen molar-refractivity contribution in [1.82, 2.24) is 19.4 Å². The molecule has 0 bridgehead atoms. The van der Waals surface area contributed by atoms with Crippen LogP contribution in [0, 0.1) is 5.92 Å². The third-order valence-electron chi connectivity index (χ3n) is 8.02. The SMILES string of the molecule is O=C(c1c(-c2ccccc2)n([C@H]2CCCC[C@H]2O)c(=O)n1CC1CCCCC1)N1CCNCC1. The minimum atomic E-state index is -0.568. The van der Waals surface area contributed by atoms with Crippen molar-refractivity contribution >= 4 is 5.91 Å². The molecule has 1 amide bonds. The number of hydrogen-bond donors (Lipinski definition) is 2. The van der Waals surface area contributed by atoms with Crippen molar-refractivity contribution in [2.75, 3.05) is 26.2 Å². The largest absolute Gasteiger partial charge is 0.391 e. The molecule has 34 heavy (non-hydrogen) atoms. The van der Waals surface area contributed by atoms with Gasteiger partial charge >= 0.3 is 5.69 Å². The zero-order valence-electron chi connectivity index (χ0n) is 20.1. The number of aliphatic hydroxyl groups excluding tert-OH is 1. The van der Waals surface area contributed by atoms with E-state index in [-0.39, 0.29) is 17.6 Å². The molecule has 0 radical (unpaired) electrons. The number of nitrogens with one attached hydrogen (secondary N) is 1. The Hall–Kier alpha value is -2.38. The predicted molar refractivity (Wildman–Crippen MR) is 133 cm³/mol. The number of piperazine rings is 1. The number of rotatable bonds is 5. The normalized spacial score (nSPS) is 24.3. The lowest BCUT2D eigenvalue weighted by atomic mass is 9.89. The molecule has 1 aromatic carbocycles. The van der Waals surface area contributed by atoms with Gasteiger partial charge in [-0.05, 0) is 31.6 Å². The number of nitrogens with zero attached hydrogens (tertiary/aromatic N) is 3. The molecule has 1 aromatic heterocycles. The third-order valence-corrected chi connectivity index (χ3v) is 8.02. The molecule has 0 unspecified atom stereocenters. The lowest BCUT2D eigenvalue weighted by Crippen LogP contribution is -2.47. The molecule has 0 spiro atoms. The molecular weight excluding hydrogens is 428 g/mol. The van der Waals surface area contributed by atoms with E-state index in [1.165, 1.54) is 19.3 Å². The van der Waals surface area contributed by atoms with Crippen LogP contribution in [0.15, 0.2) is 35.1 Å². The number of imidazole rings is 1. The average molecular weight is 467 g/mol. The third kappa shape index (κ3) is 4.60. The molecule has 2 atom stereocenters. The summed E-state index contributed by atoms with van der Waals surface area (Å²) in [5, 5.41) is 14.3. The second-order valence-corrected chi connectivity index (χ2v) is 10.3. The Bertz CT molecular complexity index is 1030. The number of aromatic nitrogens is 2. The highest BCUT2D eigenvalue weighted by molar-refractivity contribution is 5.98. The van der Waals surface area contributed by atoms with Crippen LogP contribution >= 0.6 is 0 Å². The summed E-state index contributed by atoms with van der Waals surface area (Å²) in [5.41, 5.74) is 1.95. The van der Waals surface area contributed by atoms with Crippen LogP contribution in [0.3, 0.4) is 0 Å². The zero-order valence-corrected chi connectivity index (χ0v) is 20.1. The molecule has 2 saturated carbocycles. The number of benzene rings is 1. The fourth-order valence-electron chi connectivity index (χ4n) is 6.17. The van der Waals surface area contributed by atoms with E-state index in [1.807, 2.05) is 35.2 Å². The van der Waals surface area contributed by atoms with Gasteiger partial charge in [-0.25, -0.2) is 4.79 Å². The summed E-state index contributed by atoms with van der Waals surface area (Å²) >= 11 is 0. The first-order chi connectivity index (χ1) is 16.6. The number of carbonyl (C=O) groups is 1. The lowest BCUT2D eigenvalue weighted by Gasteiger charge is -2.30. The monoisotopic (exact) mass is 466 g/mol. The van der Waals surface area contributed by atoms with Crippen LogP contribution in [0.1, 0.15) is 74.3 Å². The first-order valence-corrected chi connectivity index (χ1v) is 13.2. The summed E-state index contributed by atoms with van der Waals surface area (Å²) in [7, 11) is 0. The minimum Gasteiger partial charge on any atom is -0.391 e. The Morgan fingerprint density at radius 3 is 2.32 bits per heavy atom. The second kappa shape index (κ2) is 10.5. The van der Waals surface area contributed by atoms with Crippen LogP contribution in [0.4, 0.5) is 0 Å². The van der Waals surface area contributed by atoms with Gasteiger partial charge in [-0.2, -0.15) is 0 Å². The number of carbonyl (C=O) groups excluding carboxylic acids is 1. The van der Waals surface area contributed by atoms with E-state index in [1.54, 1.807) is 9.13 Å². The van der Waals surface area contributed by atoms with Crippen LogP contribution in [-0.4, -0.2) is 57.3 Å². The maximum atomic E-state index is 14.1. The van der Waals surface area contributed by atoms with Gasteiger partial charge in [0.2, 0.25) is 0 Å². The standard InChI is InChI=1S/C27H38N4O3/c32-23-14-8-7-13-22(23)31-24(21-11-5-2-6-12-21)25(26(33)29-17-15-28-16-18-29)30(27(31)34)19-20-9-3-1-4-10-20/h2,5-6,11-12,20,22-23,28,32H,1,3-4,7-10,13-19H2/t22-,23+/m0/s1. The summed E-state index contributed by atoms with van der Waals surface area (Å²) < 4.78 is 3.57. The smallest absolute Gasteiger partial charge is 0.329 e. The highest BCUT2D eigenvalue weighted by Crippen LogP contribution is 2.35. The fraction of sp³-hybridized carbons (Fsp3) is 0.630. The van der Waals surface area contributed by atoms with Gasteiger partial charge in [0.25, 0.3) is 5.91 Å². The first-order valence-electron chi connectivity index (χ1n) is 13.2. The van der Waals surface area contributed by atoms with Crippen molar-refractivity contribution in [3.63, 3.8) is 0 Å². The van der Waals surface area contributed by atoms with Crippen LogP contribution < -0.4 is 11.0 Å². The quantitative estimate of drug-likeness (QED) is 0.708. The van der Waals surface area contributed by atoms with Gasteiger partial charge in [0.05, 0.1) is 17.8 Å². The van der Waals surface area contributed by atoms with Crippen LogP contribution in [0.5, 0.6) is 0 Å². The maximum Gasteiger partial charge on any atom is 0.329 e. The molecule has 2 aliphatic carbocycles. The highest BCUT2D eigenvalue weighted by atomic mass is 16.3. The Labute approximate surface area is 201 Å². The molecule has 3 fully saturated rings. The summed E-state index contributed by atoms with van der Waals surface area (Å²) in [6, 6.07) is 9.55. The summed E-state index contributed by atoms with van der Waals surface area (Å²) in [6.07, 6.45) is 8.68. The van der Waals surface area contributed by atoms with Crippen molar-refractivity contribution in [1.29, 1.82) is 0 Å². The van der Waals surface area contributed by atoms with Gasteiger partial charge in [0, 0.05) is 38.3 Å². The summed E-state index contributed by atoms with van der Waals surface area (Å²) in [6.45, 7) is 3.40. The molecule has 7 nitrogen and oxygen atoms in total. The zero-order chi connectivity index (χ0) is 23.5. The molecule has 3 aliphatic rings. The average Bonchev–Trinajstić information content (AvgIpc) is 3.17. The first kappa shape index (κ1) is 23.4. The molecule has 1 aliphatic heterocycles. The molecule has 7 heteroatoms. The van der Waals surface area contributed by atoms with Crippen LogP contribution in [-0.2, 0) is 6.54 Å². The minimum absolute atomic E-state index is 0.0580. The van der Waals surface area contributed by atoms with E-state index in [0.29, 0.717) is 43.4 Å². The highest BCUT2D eigenvalue weighted by Gasteiger charge is 2.36. The van der Waals surface area contributed by atoms with Gasteiger partial charge < -0.3 is 15.3 Å². The Kier molecular flexibility index (Phi) is 7.21. The predicted octanol–water partition coefficient (Wildman–Crippen LogP) is 3.42. The Morgan fingerprint density at radius 2 is 1.62 bits per heavy atom. The Morgan fingerprint density at radius 1 is 0.941 bits per heavy atom. The Balaban J connectivity index is 1.68. The summed E-state index contributed by atoms with van der Waals surface area (Å²) in [4.78, 5) is 30.1. The molecule has 184 valence electrons. The lowest BCUT2D eigenvalue weighted by molar-refractivity contribution is 0.0719.